The van der Waals surface area contributed by atoms with Crippen LogP contribution in [-0.2, 0) is 23.4 Å². The fourth-order valence-corrected chi connectivity index (χ4v) is 5.85. The quantitative estimate of drug-likeness (QED) is 0.224. The number of nitrogen functional groups attached to an aromatic ring is 1. The molecule has 0 spiro atoms. The third kappa shape index (κ3) is 6.04. The number of carbonyl (C=O) groups excluding carboxylic acids is 1. The van der Waals surface area contributed by atoms with Crippen molar-refractivity contribution in [2.24, 2.45) is 5.92 Å². The number of aliphatic hydroxyl groups excluding tert-OH is 1. The molecule has 0 bridgehead atoms. The Balaban J connectivity index is 1.68. The fraction of sp³-hybridized carbons (Fsp3) is 0.480. The standard InChI is InChI=1S/C25H31F2N4O8P/c1-14(2)37-22(34)15(3)12-40(35,39-16-7-5-4-6-8-16)36-11-18-19(32)25(27,13-26)23(38-18)31-10-9-17-20(31)29-24(28)30-21(17)33/h4-10,14-15,18-19,23,32H,11-13H2,1-3H3,(H3,28,29,30,33)/t15-,18-,19+,23-,25?,40?/m1/s1/i11D2. The van der Waals surface area contributed by atoms with Gasteiger partial charge in [0.05, 0.1) is 32.9 Å². The van der Waals surface area contributed by atoms with Gasteiger partial charge in [-0.15, -0.1) is 0 Å². The van der Waals surface area contributed by atoms with Crippen molar-refractivity contribution >= 4 is 30.5 Å². The van der Waals surface area contributed by atoms with Gasteiger partial charge in [0.2, 0.25) is 11.6 Å². The van der Waals surface area contributed by atoms with E-state index in [1.807, 2.05) is 0 Å². The highest BCUT2D eigenvalue weighted by Gasteiger charge is 2.59. The van der Waals surface area contributed by atoms with Crippen LogP contribution in [0.4, 0.5) is 14.7 Å². The first kappa shape index (κ1) is 26.9. The molecule has 1 aliphatic heterocycles. The van der Waals surface area contributed by atoms with Crippen molar-refractivity contribution in [3.63, 3.8) is 0 Å². The van der Waals surface area contributed by atoms with Crippen LogP contribution in [0, 0.1) is 5.92 Å². The van der Waals surface area contributed by atoms with Gasteiger partial charge >= 0.3 is 13.6 Å². The Bertz CT molecular complexity index is 1540. The van der Waals surface area contributed by atoms with E-state index in [4.69, 9.17) is 27.0 Å². The van der Waals surface area contributed by atoms with Gasteiger partial charge < -0.3 is 29.4 Å². The summed E-state index contributed by atoms with van der Waals surface area (Å²) in [7, 11) is -4.64. The molecule has 15 heteroatoms. The zero-order valence-corrected chi connectivity index (χ0v) is 22.7. The number of H-pyrrole nitrogens is 1. The summed E-state index contributed by atoms with van der Waals surface area (Å²) in [5.41, 5.74) is 1.42. The normalized spacial score (nSPS) is 26.2. The number of hydrogen-bond acceptors (Lipinski definition) is 10. The Morgan fingerprint density at radius 1 is 1.35 bits per heavy atom. The number of fused-ring (bicyclic) bond motifs is 1. The second-order valence-electron chi connectivity index (χ2n) is 9.62. The van der Waals surface area contributed by atoms with Gasteiger partial charge in [0.15, 0.2) is 11.9 Å². The number of aliphatic hydroxyl groups is 1. The first-order valence-electron chi connectivity index (χ1n) is 13.3. The van der Waals surface area contributed by atoms with Crippen molar-refractivity contribution in [3.05, 3.63) is 52.9 Å². The fourth-order valence-electron chi connectivity index (χ4n) is 4.13. The molecule has 1 aliphatic rings. The van der Waals surface area contributed by atoms with Crippen molar-refractivity contribution in [2.45, 2.75) is 51.0 Å². The molecular weight excluding hydrogens is 553 g/mol. The molecule has 6 atom stereocenters. The predicted molar refractivity (Wildman–Crippen MR) is 140 cm³/mol. The molecule has 0 amide bonds. The second-order valence-corrected chi connectivity index (χ2v) is 11.6. The number of esters is 1. The number of nitrogens with one attached hydrogen (secondary N) is 1. The van der Waals surface area contributed by atoms with Gasteiger partial charge in [-0.05, 0) is 32.0 Å². The first-order valence-corrected chi connectivity index (χ1v) is 14.0. The molecule has 1 saturated heterocycles. The van der Waals surface area contributed by atoms with Gasteiger partial charge in [-0.2, -0.15) is 4.98 Å². The lowest BCUT2D eigenvalue weighted by Gasteiger charge is -2.26. The number of nitrogens with two attached hydrogens (primary N) is 1. The Morgan fingerprint density at radius 3 is 2.70 bits per heavy atom. The number of rotatable bonds is 11. The lowest BCUT2D eigenvalue weighted by molar-refractivity contribution is -0.151. The summed E-state index contributed by atoms with van der Waals surface area (Å²) in [6, 6.07) is 8.78. The summed E-state index contributed by atoms with van der Waals surface area (Å²) in [5.74, 6) is -2.20. The summed E-state index contributed by atoms with van der Waals surface area (Å²) in [6.07, 6.45) is -6.86. The largest absolute Gasteiger partial charge is 0.463 e. The maximum absolute atomic E-state index is 16.1. The summed E-state index contributed by atoms with van der Waals surface area (Å²) in [6.45, 7) is -0.539. The number of aromatic nitrogens is 3. The molecule has 3 heterocycles. The zero-order chi connectivity index (χ0) is 31.0. The molecule has 2 unspecified atom stereocenters. The first-order chi connectivity index (χ1) is 19.6. The van der Waals surface area contributed by atoms with Crippen LogP contribution in [0.2, 0.25) is 0 Å². The van der Waals surface area contributed by atoms with Crippen LogP contribution in [0.15, 0.2) is 47.4 Å². The second kappa shape index (κ2) is 11.7. The number of ether oxygens (including phenoxy) is 2. The molecule has 0 saturated carbocycles. The van der Waals surface area contributed by atoms with Crippen LogP contribution in [0.25, 0.3) is 11.0 Å². The van der Waals surface area contributed by atoms with Crippen LogP contribution in [-0.4, -0.2) is 69.0 Å². The van der Waals surface area contributed by atoms with E-state index >= 15 is 4.39 Å². The Hall–Kier alpha value is -3.32. The molecule has 0 radical (unpaired) electrons. The van der Waals surface area contributed by atoms with Crippen LogP contribution in [0.3, 0.4) is 0 Å². The van der Waals surface area contributed by atoms with Gasteiger partial charge in [-0.3, -0.25) is 19.1 Å². The van der Waals surface area contributed by atoms with Crippen molar-refractivity contribution in [1.82, 2.24) is 14.5 Å². The SMILES string of the molecule is [2H]C([2H])(OP(=O)(C[C@@H](C)C(=O)OC(C)C)Oc1ccccc1)[C@H]1O[C@@H](n2ccc3c(=O)[nH]c(N)nc32)C(F)(CF)[C@H]1O. The van der Waals surface area contributed by atoms with E-state index in [1.54, 1.807) is 32.0 Å². The maximum Gasteiger partial charge on any atom is 0.380 e. The Labute approximate surface area is 230 Å². The highest BCUT2D eigenvalue weighted by atomic mass is 31.2. The van der Waals surface area contributed by atoms with Crippen molar-refractivity contribution in [3.8, 4) is 5.75 Å². The number of aromatic amines is 1. The number of nitrogens with zero attached hydrogens (tertiary/aromatic N) is 2. The van der Waals surface area contributed by atoms with Crippen LogP contribution >= 0.6 is 7.60 Å². The van der Waals surface area contributed by atoms with Gasteiger partial charge in [0, 0.05) is 6.20 Å². The maximum atomic E-state index is 16.1. The van der Waals surface area contributed by atoms with Gasteiger partial charge in [0.1, 0.15) is 24.6 Å². The number of carbonyl (C=O) groups is 1. The number of halogens is 2. The molecule has 4 rings (SSSR count). The summed E-state index contributed by atoms with van der Waals surface area (Å²) >= 11 is 0. The number of hydrogen-bond donors (Lipinski definition) is 3. The van der Waals surface area contributed by atoms with Crippen molar-refractivity contribution in [2.75, 3.05) is 25.1 Å². The Morgan fingerprint density at radius 2 is 2.05 bits per heavy atom. The van der Waals surface area contributed by atoms with E-state index in [0.29, 0.717) is 0 Å². The minimum atomic E-state index is -4.64. The summed E-state index contributed by atoms with van der Waals surface area (Å²) < 4.78 is 83.8. The minimum Gasteiger partial charge on any atom is -0.463 e. The smallest absolute Gasteiger partial charge is 0.380 e. The number of para-hydroxylation sites is 1. The molecule has 4 N–H and O–H groups in total. The molecule has 218 valence electrons. The number of alkyl halides is 2. The van der Waals surface area contributed by atoms with E-state index in [2.05, 4.69) is 9.97 Å². The molecule has 12 nitrogen and oxygen atoms in total. The minimum absolute atomic E-state index is 0.00289. The van der Waals surface area contributed by atoms with E-state index in [-0.39, 0.29) is 22.7 Å². The zero-order valence-electron chi connectivity index (χ0n) is 23.8. The predicted octanol–water partition coefficient (Wildman–Crippen LogP) is 3.12. The van der Waals surface area contributed by atoms with Crippen LogP contribution in [0.1, 0.15) is 29.7 Å². The monoisotopic (exact) mass is 586 g/mol. The molecule has 1 aromatic carbocycles. The molecular formula is C25H31F2N4O8P. The topological polar surface area (TPSA) is 168 Å². The third-order valence-corrected chi connectivity index (χ3v) is 7.94. The van der Waals surface area contributed by atoms with Crippen molar-refractivity contribution < 1.29 is 44.5 Å². The molecule has 1 fully saturated rings. The molecule has 2 aromatic heterocycles. The highest BCUT2D eigenvalue weighted by molar-refractivity contribution is 7.54. The van der Waals surface area contributed by atoms with E-state index in [0.717, 1.165) is 10.8 Å². The molecule has 3 aromatic rings. The average molecular weight is 587 g/mol. The molecule has 0 aliphatic carbocycles. The number of benzene rings is 1. The van der Waals surface area contributed by atoms with E-state index in [1.165, 1.54) is 25.1 Å². The lowest BCUT2D eigenvalue weighted by Crippen LogP contribution is -2.45. The van der Waals surface area contributed by atoms with E-state index in [9.17, 15) is 23.7 Å². The van der Waals surface area contributed by atoms with Crippen LogP contribution in [0.5, 0.6) is 5.75 Å². The third-order valence-electron chi connectivity index (χ3n) is 6.07. The average Bonchev–Trinajstić information content (AvgIpc) is 3.42. The highest BCUT2D eigenvalue weighted by Crippen LogP contribution is 2.51. The number of anilines is 1. The van der Waals surface area contributed by atoms with Crippen molar-refractivity contribution in [1.29, 1.82) is 0 Å². The van der Waals surface area contributed by atoms with Crippen LogP contribution < -0.4 is 15.8 Å². The summed E-state index contributed by atoms with van der Waals surface area (Å²) in [5, 5.41) is 10.8. The van der Waals surface area contributed by atoms with Gasteiger partial charge in [-0.1, -0.05) is 25.1 Å². The van der Waals surface area contributed by atoms with E-state index < -0.39 is 74.6 Å². The van der Waals surface area contributed by atoms with Gasteiger partial charge in [0.25, 0.3) is 5.56 Å². The Kier molecular flexibility index (Phi) is 7.83. The molecule has 40 heavy (non-hydrogen) atoms. The van der Waals surface area contributed by atoms with Gasteiger partial charge in [-0.25, -0.2) is 13.3 Å². The lowest BCUT2D eigenvalue weighted by atomic mass is 9.97. The summed E-state index contributed by atoms with van der Waals surface area (Å²) in [4.78, 5) is 30.9.